The van der Waals surface area contributed by atoms with Crippen LogP contribution in [0.1, 0.15) is 18.4 Å². The second-order valence-electron chi connectivity index (χ2n) is 4.35. The van der Waals surface area contributed by atoms with Crippen molar-refractivity contribution in [2.75, 3.05) is 13.1 Å². The lowest BCUT2D eigenvalue weighted by Crippen LogP contribution is -2.47. The molecule has 82 valence electrons. The zero-order chi connectivity index (χ0) is 10.7. The van der Waals surface area contributed by atoms with Crippen LogP contribution in [0.2, 0.25) is 0 Å². The van der Waals surface area contributed by atoms with Gasteiger partial charge in [-0.3, -0.25) is 0 Å². The molecular weight excluding hydrogens is 190 g/mol. The lowest BCUT2D eigenvalue weighted by atomic mass is 9.87. The molecule has 1 aliphatic rings. The topological polar surface area (TPSA) is 52.5 Å². The van der Waals surface area contributed by atoms with Crippen LogP contribution in [0.25, 0.3) is 0 Å². The highest BCUT2D eigenvalue weighted by Gasteiger charge is 2.29. The summed E-state index contributed by atoms with van der Waals surface area (Å²) in [5.41, 5.74) is 0.340. The van der Waals surface area contributed by atoms with E-state index in [1.807, 2.05) is 12.1 Å². The van der Waals surface area contributed by atoms with Crippen LogP contribution in [0.4, 0.5) is 0 Å². The second kappa shape index (κ2) is 4.21. The van der Waals surface area contributed by atoms with Crippen molar-refractivity contribution in [2.24, 2.45) is 0 Å². The molecule has 3 heteroatoms. The number of nitrogens with one attached hydrogen (secondary N) is 1. The standard InChI is InChI=1S/C12H17NO2/c14-11-4-1-3-10(7-11)8-12(15)5-2-6-13-9-12/h1,3-4,7,13-15H,2,5-6,8-9H2. The molecule has 1 saturated heterocycles. The molecule has 1 aliphatic heterocycles. The Kier molecular flexibility index (Phi) is 2.93. The van der Waals surface area contributed by atoms with Gasteiger partial charge in [-0.15, -0.1) is 0 Å². The molecule has 0 saturated carbocycles. The molecule has 2 rings (SSSR count). The van der Waals surface area contributed by atoms with Gasteiger partial charge in [0.2, 0.25) is 0 Å². The predicted molar refractivity (Wildman–Crippen MR) is 58.9 cm³/mol. The highest BCUT2D eigenvalue weighted by molar-refractivity contribution is 5.28. The molecule has 0 amide bonds. The summed E-state index contributed by atoms with van der Waals surface area (Å²) < 4.78 is 0. The van der Waals surface area contributed by atoms with Crippen LogP contribution < -0.4 is 5.32 Å². The fourth-order valence-corrected chi connectivity index (χ4v) is 2.15. The summed E-state index contributed by atoms with van der Waals surface area (Å²) in [6, 6.07) is 7.11. The maximum absolute atomic E-state index is 10.3. The summed E-state index contributed by atoms with van der Waals surface area (Å²) in [6.07, 6.45) is 2.44. The van der Waals surface area contributed by atoms with E-state index in [0.29, 0.717) is 13.0 Å². The molecular formula is C12H17NO2. The highest BCUT2D eigenvalue weighted by atomic mass is 16.3. The summed E-state index contributed by atoms with van der Waals surface area (Å²) in [5.74, 6) is 0.264. The highest BCUT2D eigenvalue weighted by Crippen LogP contribution is 2.22. The number of aromatic hydroxyl groups is 1. The number of aliphatic hydroxyl groups is 1. The van der Waals surface area contributed by atoms with Gasteiger partial charge >= 0.3 is 0 Å². The molecule has 3 N–H and O–H groups in total. The molecule has 1 fully saturated rings. The Bertz CT molecular complexity index is 332. The fraction of sp³-hybridized carbons (Fsp3) is 0.500. The number of β-amino-alcohol motifs (C(OH)–C–C–N with tert-alkyl or cyclic N) is 1. The van der Waals surface area contributed by atoms with Crippen LogP contribution in [0.5, 0.6) is 5.75 Å². The van der Waals surface area contributed by atoms with Gasteiger partial charge in [0.05, 0.1) is 5.60 Å². The molecule has 15 heavy (non-hydrogen) atoms. The fourth-order valence-electron chi connectivity index (χ4n) is 2.15. The van der Waals surface area contributed by atoms with Crippen molar-refractivity contribution in [3.8, 4) is 5.75 Å². The van der Waals surface area contributed by atoms with Crippen molar-refractivity contribution in [3.63, 3.8) is 0 Å². The van der Waals surface area contributed by atoms with Gasteiger partial charge in [0, 0.05) is 13.0 Å². The smallest absolute Gasteiger partial charge is 0.115 e. The van der Waals surface area contributed by atoms with Gasteiger partial charge in [0.1, 0.15) is 5.75 Å². The normalized spacial score (nSPS) is 26.5. The molecule has 0 spiro atoms. The van der Waals surface area contributed by atoms with Crippen LogP contribution in [0.3, 0.4) is 0 Å². The lowest BCUT2D eigenvalue weighted by Gasteiger charge is -2.32. The van der Waals surface area contributed by atoms with E-state index in [9.17, 15) is 10.2 Å². The van der Waals surface area contributed by atoms with Crippen molar-refractivity contribution in [1.82, 2.24) is 5.32 Å². The Hall–Kier alpha value is -1.06. The number of phenolic OH excluding ortho intramolecular Hbond substituents is 1. The minimum Gasteiger partial charge on any atom is -0.508 e. The molecule has 3 nitrogen and oxygen atoms in total. The maximum atomic E-state index is 10.3. The van der Waals surface area contributed by atoms with Gasteiger partial charge in [0.15, 0.2) is 0 Å². The lowest BCUT2D eigenvalue weighted by molar-refractivity contribution is 0.0169. The number of hydrogen-bond donors (Lipinski definition) is 3. The zero-order valence-electron chi connectivity index (χ0n) is 8.74. The third kappa shape index (κ3) is 2.70. The largest absolute Gasteiger partial charge is 0.508 e. The van der Waals surface area contributed by atoms with Gasteiger partial charge in [-0.2, -0.15) is 0 Å². The van der Waals surface area contributed by atoms with Crippen LogP contribution in [-0.4, -0.2) is 28.9 Å². The maximum Gasteiger partial charge on any atom is 0.115 e. The molecule has 0 aliphatic carbocycles. The Morgan fingerprint density at radius 1 is 1.40 bits per heavy atom. The summed E-state index contributed by atoms with van der Waals surface area (Å²) in [5, 5.41) is 22.8. The van der Waals surface area contributed by atoms with Gasteiger partial charge in [0.25, 0.3) is 0 Å². The molecule has 0 bridgehead atoms. The van der Waals surface area contributed by atoms with Crippen LogP contribution in [0, 0.1) is 0 Å². The second-order valence-corrected chi connectivity index (χ2v) is 4.35. The molecule has 1 unspecified atom stereocenters. The van der Waals surface area contributed by atoms with E-state index < -0.39 is 5.60 Å². The summed E-state index contributed by atoms with van der Waals surface area (Å²) >= 11 is 0. The van der Waals surface area contributed by atoms with Crippen molar-refractivity contribution in [2.45, 2.75) is 24.9 Å². The van der Waals surface area contributed by atoms with E-state index in [4.69, 9.17) is 0 Å². The first-order valence-electron chi connectivity index (χ1n) is 5.39. The third-order valence-corrected chi connectivity index (χ3v) is 2.89. The molecule has 1 aromatic rings. The van der Waals surface area contributed by atoms with Crippen LogP contribution >= 0.6 is 0 Å². The van der Waals surface area contributed by atoms with Crippen LogP contribution in [0.15, 0.2) is 24.3 Å². The van der Waals surface area contributed by atoms with E-state index in [0.717, 1.165) is 24.9 Å². The van der Waals surface area contributed by atoms with Crippen molar-refractivity contribution in [1.29, 1.82) is 0 Å². The van der Waals surface area contributed by atoms with Crippen molar-refractivity contribution in [3.05, 3.63) is 29.8 Å². The predicted octanol–water partition coefficient (Wildman–Crippen LogP) is 1.05. The Morgan fingerprint density at radius 2 is 2.27 bits per heavy atom. The van der Waals surface area contributed by atoms with E-state index in [1.54, 1.807) is 12.1 Å². The number of hydrogen-bond acceptors (Lipinski definition) is 3. The Labute approximate surface area is 89.8 Å². The minimum absolute atomic E-state index is 0.264. The average Bonchev–Trinajstić information content (AvgIpc) is 2.18. The quantitative estimate of drug-likeness (QED) is 0.679. The van der Waals surface area contributed by atoms with E-state index in [1.165, 1.54) is 0 Å². The molecule has 0 aromatic heterocycles. The van der Waals surface area contributed by atoms with Gasteiger partial charge in [-0.25, -0.2) is 0 Å². The third-order valence-electron chi connectivity index (χ3n) is 2.89. The number of piperidine rings is 1. The first-order valence-corrected chi connectivity index (χ1v) is 5.39. The number of benzene rings is 1. The molecule has 1 atom stereocenters. The Balaban J connectivity index is 2.06. The molecule has 0 radical (unpaired) electrons. The number of rotatable bonds is 2. The van der Waals surface area contributed by atoms with E-state index in [2.05, 4.69) is 5.32 Å². The average molecular weight is 207 g/mol. The van der Waals surface area contributed by atoms with Gasteiger partial charge in [-0.1, -0.05) is 12.1 Å². The molecule has 1 aromatic carbocycles. The first-order chi connectivity index (χ1) is 7.18. The van der Waals surface area contributed by atoms with Gasteiger partial charge in [-0.05, 0) is 37.1 Å². The summed E-state index contributed by atoms with van der Waals surface area (Å²) in [4.78, 5) is 0. The summed E-state index contributed by atoms with van der Waals surface area (Å²) in [7, 11) is 0. The van der Waals surface area contributed by atoms with E-state index in [-0.39, 0.29) is 5.75 Å². The Morgan fingerprint density at radius 3 is 2.93 bits per heavy atom. The van der Waals surface area contributed by atoms with Gasteiger partial charge < -0.3 is 15.5 Å². The summed E-state index contributed by atoms with van der Waals surface area (Å²) in [6.45, 7) is 1.63. The molecule has 1 heterocycles. The number of phenols is 1. The minimum atomic E-state index is -0.647. The SMILES string of the molecule is Oc1cccc(CC2(O)CCCNC2)c1. The van der Waals surface area contributed by atoms with Crippen molar-refractivity contribution >= 4 is 0 Å². The van der Waals surface area contributed by atoms with E-state index >= 15 is 0 Å². The monoisotopic (exact) mass is 207 g/mol. The zero-order valence-corrected chi connectivity index (χ0v) is 8.74. The van der Waals surface area contributed by atoms with Crippen molar-refractivity contribution < 1.29 is 10.2 Å². The first kappa shape index (κ1) is 10.5. The van der Waals surface area contributed by atoms with Crippen LogP contribution in [-0.2, 0) is 6.42 Å².